The van der Waals surface area contributed by atoms with E-state index in [9.17, 15) is 14.9 Å². The summed E-state index contributed by atoms with van der Waals surface area (Å²) in [5.41, 5.74) is 0.373. The Balaban J connectivity index is 2.43. The topological polar surface area (TPSA) is 79.3 Å². The SMILES string of the molecule is COc1ccc([N+](=O)[O-])cc1Cn1ccn(C)c1=O. The van der Waals surface area contributed by atoms with Crippen molar-refractivity contribution in [3.8, 4) is 5.75 Å². The molecule has 0 aliphatic rings. The molecular weight excluding hydrogens is 250 g/mol. The van der Waals surface area contributed by atoms with Crippen LogP contribution in [0.1, 0.15) is 5.56 Å². The molecule has 0 aliphatic carbocycles. The van der Waals surface area contributed by atoms with Gasteiger partial charge in [0.05, 0.1) is 18.6 Å². The van der Waals surface area contributed by atoms with E-state index >= 15 is 0 Å². The highest BCUT2D eigenvalue weighted by molar-refractivity contribution is 5.43. The van der Waals surface area contributed by atoms with Crippen LogP contribution in [0.25, 0.3) is 0 Å². The van der Waals surface area contributed by atoms with E-state index in [4.69, 9.17) is 4.74 Å². The molecule has 0 N–H and O–H groups in total. The molecule has 0 amide bonds. The molecule has 2 rings (SSSR count). The summed E-state index contributed by atoms with van der Waals surface area (Å²) in [5, 5.41) is 10.8. The number of aryl methyl sites for hydroxylation is 1. The average molecular weight is 263 g/mol. The molecule has 7 nitrogen and oxygen atoms in total. The third-order valence-electron chi connectivity index (χ3n) is 2.83. The lowest BCUT2D eigenvalue weighted by molar-refractivity contribution is -0.384. The molecule has 1 aromatic heterocycles. The van der Waals surface area contributed by atoms with Gasteiger partial charge in [-0.05, 0) is 6.07 Å². The van der Waals surface area contributed by atoms with Crippen LogP contribution in [0.2, 0.25) is 0 Å². The van der Waals surface area contributed by atoms with Crippen LogP contribution in [-0.4, -0.2) is 21.2 Å². The van der Waals surface area contributed by atoms with Crippen LogP contribution in [0.5, 0.6) is 5.75 Å². The summed E-state index contributed by atoms with van der Waals surface area (Å²) in [6.07, 6.45) is 3.26. The summed E-state index contributed by atoms with van der Waals surface area (Å²) in [6.45, 7) is 0.227. The zero-order valence-electron chi connectivity index (χ0n) is 10.6. The van der Waals surface area contributed by atoms with Crippen LogP contribution < -0.4 is 10.4 Å². The number of hydrogen-bond donors (Lipinski definition) is 0. The van der Waals surface area contributed by atoms with Crippen molar-refractivity contribution in [2.24, 2.45) is 7.05 Å². The predicted octanol–water partition coefficient (Wildman–Crippen LogP) is 1.15. The largest absolute Gasteiger partial charge is 0.496 e. The summed E-state index contributed by atoms with van der Waals surface area (Å²) in [6, 6.07) is 4.32. The molecule has 0 bridgehead atoms. The van der Waals surface area contributed by atoms with Crippen molar-refractivity contribution >= 4 is 5.69 Å². The summed E-state index contributed by atoms with van der Waals surface area (Å²) in [7, 11) is 3.13. The van der Waals surface area contributed by atoms with E-state index in [1.165, 1.54) is 34.4 Å². The number of ether oxygens (including phenoxy) is 1. The maximum Gasteiger partial charge on any atom is 0.328 e. The minimum absolute atomic E-state index is 0.0280. The van der Waals surface area contributed by atoms with Crippen molar-refractivity contribution < 1.29 is 9.66 Å². The Hall–Kier alpha value is -2.57. The maximum atomic E-state index is 11.7. The number of nitrogens with zero attached hydrogens (tertiary/aromatic N) is 3. The molecule has 2 aromatic rings. The van der Waals surface area contributed by atoms with Gasteiger partial charge in [-0.1, -0.05) is 0 Å². The Bertz CT molecular complexity index is 672. The number of hydrogen-bond acceptors (Lipinski definition) is 4. The van der Waals surface area contributed by atoms with Crippen LogP contribution in [0.3, 0.4) is 0 Å². The van der Waals surface area contributed by atoms with Gasteiger partial charge in [0.1, 0.15) is 5.75 Å². The highest BCUT2D eigenvalue weighted by atomic mass is 16.6. The molecule has 0 fully saturated rings. The number of imidazole rings is 1. The Morgan fingerprint density at radius 3 is 2.63 bits per heavy atom. The number of non-ortho nitro benzene ring substituents is 1. The first kappa shape index (κ1) is 12.9. The highest BCUT2D eigenvalue weighted by Gasteiger charge is 2.12. The fraction of sp³-hybridized carbons (Fsp3) is 0.250. The lowest BCUT2D eigenvalue weighted by Crippen LogP contribution is -2.22. The smallest absolute Gasteiger partial charge is 0.328 e. The monoisotopic (exact) mass is 263 g/mol. The number of nitro groups is 1. The molecule has 1 aromatic carbocycles. The van der Waals surface area contributed by atoms with Gasteiger partial charge in [0, 0.05) is 37.1 Å². The van der Waals surface area contributed by atoms with E-state index in [2.05, 4.69) is 0 Å². The number of aromatic nitrogens is 2. The quantitative estimate of drug-likeness (QED) is 0.612. The van der Waals surface area contributed by atoms with E-state index in [1.807, 2.05) is 0 Å². The summed E-state index contributed by atoms with van der Waals surface area (Å²) >= 11 is 0. The van der Waals surface area contributed by atoms with Crippen LogP contribution in [-0.2, 0) is 13.6 Å². The molecule has 0 spiro atoms. The molecule has 0 radical (unpaired) electrons. The highest BCUT2D eigenvalue weighted by Crippen LogP contribution is 2.24. The molecule has 100 valence electrons. The Labute approximate surface area is 108 Å². The maximum absolute atomic E-state index is 11.7. The van der Waals surface area contributed by atoms with Crippen LogP contribution in [0.4, 0.5) is 5.69 Å². The Kier molecular flexibility index (Phi) is 3.37. The molecule has 0 saturated heterocycles. The second-order valence-corrected chi connectivity index (χ2v) is 4.07. The van der Waals surface area contributed by atoms with E-state index < -0.39 is 4.92 Å². The lowest BCUT2D eigenvalue weighted by Gasteiger charge is -2.08. The number of rotatable bonds is 4. The molecule has 0 atom stereocenters. The second kappa shape index (κ2) is 4.97. The van der Waals surface area contributed by atoms with Gasteiger partial charge in [-0.25, -0.2) is 4.79 Å². The fourth-order valence-electron chi connectivity index (χ4n) is 1.82. The van der Waals surface area contributed by atoms with Crippen molar-refractivity contribution in [3.63, 3.8) is 0 Å². The molecule has 0 saturated carbocycles. The van der Waals surface area contributed by atoms with Crippen molar-refractivity contribution in [2.45, 2.75) is 6.54 Å². The van der Waals surface area contributed by atoms with E-state index in [-0.39, 0.29) is 17.9 Å². The van der Waals surface area contributed by atoms with Gasteiger partial charge < -0.3 is 9.30 Å². The number of methoxy groups -OCH3 is 1. The normalized spacial score (nSPS) is 10.4. The third-order valence-corrected chi connectivity index (χ3v) is 2.83. The van der Waals surface area contributed by atoms with Crippen molar-refractivity contribution in [3.05, 3.63) is 56.8 Å². The Morgan fingerprint density at radius 2 is 2.11 bits per heavy atom. The van der Waals surface area contributed by atoms with E-state index in [1.54, 1.807) is 19.4 Å². The zero-order chi connectivity index (χ0) is 14.0. The van der Waals surface area contributed by atoms with Gasteiger partial charge in [-0.2, -0.15) is 0 Å². The van der Waals surface area contributed by atoms with Crippen molar-refractivity contribution in [1.29, 1.82) is 0 Å². The fourth-order valence-corrected chi connectivity index (χ4v) is 1.82. The molecule has 0 unspecified atom stereocenters. The van der Waals surface area contributed by atoms with Crippen molar-refractivity contribution in [1.82, 2.24) is 9.13 Å². The van der Waals surface area contributed by atoms with Gasteiger partial charge >= 0.3 is 5.69 Å². The minimum Gasteiger partial charge on any atom is -0.496 e. The standard InChI is InChI=1S/C12H13N3O4/c1-13-5-6-14(12(13)16)8-9-7-10(15(17)18)3-4-11(9)19-2/h3-7H,8H2,1-2H3. The molecule has 19 heavy (non-hydrogen) atoms. The predicted molar refractivity (Wildman–Crippen MR) is 68.4 cm³/mol. The first-order valence-corrected chi connectivity index (χ1v) is 5.56. The zero-order valence-corrected chi connectivity index (χ0v) is 10.6. The summed E-state index contributed by atoms with van der Waals surface area (Å²) < 4.78 is 8.05. The average Bonchev–Trinajstić information content (AvgIpc) is 2.70. The molecular formula is C12H13N3O4. The second-order valence-electron chi connectivity index (χ2n) is 4.07. The summed E-state index contributed by atoms with van der Waals surface area (Å²) in [5.74, 6) is 0.515. The summed E-state index contributed by atoms with van der Waals surface area (Å²) in [4.78, 5) is 22.0. The lowest BCUT2D eigenvalue weighted by atomic mass is 10.1. The van der Waals surface area contributed by atoms with E-state index in [0.717, 1.165) is 0 Å². The van der Waals surface area contributed by atoms with Crippen molar-refractivity contribution in [2.75, 3.05) is 7.11 Å². The Morgan fingerprint density at radius 1 is 1.37 bits per heavy atom. The van der Waals surface area contributed by atoms with Crippen LogP contribution in [0, 0.1) is 10.1 Å². The van der Waals surface area contributed by atoms with Gasteiger partial charge in [-0.15, -0.1) is 0 Å². The van der Waals surface area contributed by atoms with Crippen LogP contribution >= 0.6 is 0 Å². The molecule has 1 heterocycles. The van der Waals surface area contributed by atoms with Gasteiger partial charge in [0.2, 0.25) is 0 Å². The third kappa shape index (κ3) is 2.49. The number of benzene rings is 1. The first-order chi connectivity index (χ1) is 9.02. The van der Waals surface area contributed by atoms with Gasteiger partial charge in [0.15, 0.2) is 0 Å². The van der Waals surface area contributed by atoms with E-state index in [0.29, 0.717) is 11.3 Å². The number of nitro benzene ring substituents is 1. The molecule has 0 aliphatic heterocycles. The minimum atomic E-state index is -0.475. The molecule has 7 heteroatoms. The van der Waals surface area contributed by atoms with Gasteiger partial charge in [-0.3, -0.25) is 14.7 Å². The van der Waals surface area contributed by atoms with Gasteiger partial charge in [0.25, 0.3) is 5.69 Å². The first-order valence-electron chi connectivity index (χ1n) is 5.56. The van der Waals surface area contributed by atoms with Crippen LogP contribution in [0.15, 0.2) is 35.4 Å².